The van der Waals surface area contributed by atoms with Gasteiger partial charge in [0.15, 0.2) is 0 Å². The normalized spacial score (nSPS) is 16.3. The van der Waals surface area contributed by atoms with Gasteiger partial charge in [0.2, 0.25) is 0 Å². The molecule has 1 aliphatic carbocycles. The molecule has 0 aliphatic heterocycles. The van der Waals surface area contributed by atoms with Crippen molar-refractivity contribution in [1.82, 2.24) is 9.38 Å². The van der Waals surface area contributed by atoms with Gasteiger partial charge < -0.3 is 9.14 Å². The minimum absolute atomic E-state index is 0.305. The molecule has 1 aliphatic rings. The first-order chi connectivity index (χ1) is 8.79. The van der Waals surface area contributed by atoms with Crippen LogP contribution < -0.4 is 0 Å². The monoisotopic (exact) mass is 244 g/mol. The van der Waals surface area contributed by atoms with Crippen molar-refractivity contribution >= 4 is 11.5 Å². The van der Waals surface area contributed by atoms with Crippen LogP contribution in [-0.4, -0.2) is 22.5 Å². The van der Waals surface area contributed by atoms with E-state index >= 15 is 0 Å². The van der Waals surface area contributed by atoms with Crippen molar-refractivity contribution in [2.24, 2.45) is 0 Å². The van der Waals surface area contributed by atoms with Crippen molar-refractivity contribution in [1.29, 1.82) is 0 Å². The van der Waals surface area contributed by atoms with E-state index in [1.807, 2.05) is 18.5 Å². The molecule has 0 atom stereocenters. The van der Waals surface area contributed by atoms with Crippen LogP contribution in [-0.2, 0) is 4.74 Å². The van der Waals surface area contributed by atoms with Gasteiger partial charge in [-0.1, -0.05) is 12.8 Å². The second-order valence-electron chi connectivity index (χ2n) is 4.80. The molecular weight excluding hydrogens is 228 g/mol. The molecule has 4 nitrogen and oxygen atoms in total. The number of esters is 1. The van der Waals surface area contributed by atoms with E-state index in [9.17, 15) is 4.79 Å². The van der Waals surface area contributed by atoms with Crippen LogP contribution in [0.3, 0.4) is 0 Å². The van der Waals surface area contributed by atoms with E-state index in [2.05, 4.69) is 9.38 Å². The van der Waals surface area contributed by atoms with E-state index in [0.29, 0.717) is 11.5 Å². The molecule has 1 saturated carbocycles. The van der Waals surface area contributed by atoms with Gasteiger partial charge in [-0.05, 0) is 25.0 Å². The number of pyridine rings is 1. The summed E-state index contributed by atoms with van der Waals surface area (Å²) in [6.45, 7) is 0. The fourth-order valence-electron chi connectivity index (χ4n) is 2.75. The number of methoxy groups -OCH3 is 1. The molecule has 0 spiro atoms. The third kappa shape index (κ3) is 1.78. The molecule has 0 saturated heterocycles. The van der Waals surface area contributed by atoms with Crippen molar-refractivity contribution in [3.8, 4) is 0 Å². The molecule has 0 bridgehead atoms. The summed E-state index contributed by atoms with van der Waals surface area (Å²) in [4.78, 5) is 16.0. The number of nitrogens with zero attached hydrogens (tertiary/aromatic N) is 2. The molecule has 1 fully saturated rings. The van der Waals surface area contributed by atoms with Gasteiger partial charge in [-0.25, -0.2) is 9.78 Å². The molecule has 2 aromatic rings. The van der Waals surface area contributed by atoms with Crippen LogP contribution in [0.2, 0.25) is 0 Å². The Bertz CT molecular complexity index is 582. The maximum atomic E-state index is 11.5. The highest BCUT2D eigenvalue weighted by Gasteiger charge is 2.21. The van der Waals surface area contributed by atoms with Crippen LogP contribution >= 0.6 is 0 Å². The molecule has 2 heterocycles. The lowest BCUT2D eigenvalue weighted by atomic mass is 10.1. The Kier molecular flexibility index (Phi) is 2.78. The standard InChI is InChI=1S/C14H16N2O2/c1-18-14(17)11-6-7-16-12(8-11)9-15-13(16)10-4-2-3-5-10/h6-10H,2-5H2,1H3. The van der Waals surface area contributed by atoms with Crippen LogP contribution in [0.4, 0.5) is 0 Å². The lowest BCUT2D eigenvalue weighted by Crippen LogP contribution is -2.04. The fourth-order valence-corrected chi connectivity index (χ4v) is 2.75. The highest BCUT2D eigenvalue weighted by Crippen LogP contribution is 2.33. The third-order valence-electron chi connectivity index (χ3n) is 3.70. The molecule has 0 N–H and O–H groups in total. The molecule has 0 aromatic carbocycles. The zero-order valence-corrected chi connectivity index (χ0v) is 10.4. The number of imidazole rings is 1. The second kappa shape index (κ2) is 4.44. The Morgan fingerprint density at radius 1 is 1.44 bits per heavy atom. The fraction of sp³-hybridized carbons (Fsp3) is 0.429. The molecule has 2 aromatic heterocycles. The first kappa shape index (κ1) is 11.3. The quantitative estimate of drug-likeness (QED) is 0.763. The molecule has 4 heteroatoms. The van der Waals surface area contributed by atoms with Gasteiger partial charge in [0.05, 0.1) is 24.4 Å². The maximum absolute atomic E-state index is 11.5. The Morgan fingerprint density at radius 2 is 2.22 bits per heavy atom. The van der Waals surface area contributed by atoms with Gasteiger partial charge in [0.1, 0.15) is 5.82 Å². The molecule has 3 rings (SSSR count). The van der Waals surface area contributed by atoms with E-state index < -0.39 is 0 Å². The van der Waals surface area contributed by atoms with E-state index in [4.69, 9.17) is 4.74 Å². The third-order valence-corrected chi connectivity index (χ3v) is 3.70. The highest BCUT2D eigenvalue weighted by atomic mass is 16.5. The molecule has 0 amide bonds. The predicted molar refractivity (Wildman–Crippen MR) is 67.7 cm³/mol. The smallest absolute Gasteiger partial charge is 0.337 e. The van der Waals surface area contributed by atoms with Gasteiger partial charge in [-0.2, -0.15) is 0 Å². The Balaban J connectivity index is 2.02. The SMILES string of the molecule is COC(=O)c1ccn2c(C3CCCC3)ncc2c1. The summed E-state index contributed by atoms with van der Waals surface area (Å²) in [6, 6.07) is 3.62. The maximum Gasteiger partial charge on any atom is 0.337 e. The Labute approximate surface area is 106 Å². The molecule has 0 unspecified atom stereocenters. The summed E-state index contributed by atoms with van der Waals surface area (Å²) in [5.74, 6) is 1.39. The molecule has 18 heavy (non-hydrogen) atoms. The first-order valence-electron chi connectivity index (χ1n) is 6.35. The number of carbonyl (C=O) groups is 1. The number of carbonyl (C=O) groups excluding carboxylic acids is 1. The van der Waals surface area contributed by atoms with Crippen molar-refractivity contribution in [2.75, 3.05) is 7.11 Å². The molecular formula is C14H16N2O2. The van der Waals surface area contributed by atoms with E-state index in [-0.39, 0.29) is 5.97 Å². The van der Waals surface area contributed by atoms with Crippen molar-refractivity contribution in [2.45, 2.75) is 31.6 Å². The number of hydrogen-bond acceptors (Lipinski definition) is 3. The van der Waals surface area contributed by atoms with Gasteiger partial charge in [0.25, 0.3) is 0 Å². The number of ether oxygens (including phenoxy) is 1. The Hall–Kier alpha value is -1.84. The van der Waals surface area contributed by atoms with Gasteiger partial charge in [-0.15, -0.1) is 0 Å². The number of hydrogen-bond donors (Lipinski definition) is 0. The lowest BCUT2D eigenvalue weighted by Gasteiger charge is -2.08. The summed E-state index contributed by atoms with van der Waals surface area (Å²) >= 11 is 0. The van der Waals surface area contributed by atoms with Crippen LogP contribution in [0.5, 0.6) is 0 Å². The van der Waals surface area contributed by atoms with Gasteiger partial charge >= 0.3 is 5.97 Å². The topological polar surface area (TPSA) is 43.6 Å². The number of aromatic nitrogens is 2. The number of rotatable bonds is 2. The van der Waals surface area contributed by atoms with Gasteiger partial charge in [0, 0.05) is 12.1 Å². The summed E-state index contributed by atoms with van der Waals surface area (Å²) < 4.78 is 6.81. The summed E-state index contributed by atoms with van der Waals surface area (Å²) in [7, 11) is 1.40. The minimum atomic E-state index is -0.305. The zero-order valence-electron chi connectivity index (χ0n) is 10.4. The van der Waals surface area contributed by atoms with Crippen molar-refractivity contribution in [3.05, 3.63) is 35.9 Å². The zero-order chi connectivity index (χ0) is 12.5. The van der Waals surface area contributed by atoms with Crippen LogP contribution in [0.25, 0.3) is 5.52 Å². The van der Waals surface area contributed by atoms with Crippen molar-refractivity contribution in [3.63, 3.8) is 0 Å². The van der Waals surface area contributed by atoms with E-state index in [1.54, 1.807) is 6.07 Å². The van der Waals surface area contributed by atoms with E-state index in [0.717, 1.165) is 11.3 Å². The Morgan fingerprint density at radius 3 is 2.94 bits per heavy atom. The summed E-state index contributed by atoms with van der Waals surface area (Å²) in [6.07, 6.45) is 8.78. The summed E-state index contributed by atoms with van der Waals surface area (Å²) in [5.41, 5.74) is 1.53. The van der Waals surface area contributed by atoms with Crippen LogP contribution in [0.15, 0.2) is 24.5 Å². The second-order valence-corrected chi connectivity index (χ2v) is 4.80. The average molecular weight is 244 g/mol. The first-order valence-corrected chi connectivity index (χ1v) is 6.35. The van der Waals surface area contributed by atoms with Crippen LogP contribution in [0.1, 0.15) is 47.8 Å². The number of fused-ring (bicyclic) bond motifs is 1. The van der Waals surface area contributed by atoms with Gasteiger partial charge in [-0.3, -0.25) is 0 Å². The molecule has 94 valence electrons. The molecule has 0 radical (unpaired) electrons. The minimum Gasteiger partial charge on any atom is -0.465 e. The largest absolute Gasteiger partial charge is 0.465 e. The lowest BCUT2D eigenvalue weighted by molar-refractivity contribution is 0.0600. The summed E-state index contributed by atoms with van der Waals surface area (Å²) in [5, 5.41) is 0. The predicted octanol–water partition coefficient (Wildman–Crippen LogP) is 2.78. The average Bonchev–Trinajstić information content (AvgIpc) is 3.05. The van der Waals surface area contributed by atoms with Crippen LogP contribution in [0, 0.1) is 0 Å². The van der Waals surface area contributed by atoms with E-state index in [1.165, 1.54) is 32.8 Å². The highest BCUT2D eigenvalue weighted by molar-refractivity contribution is 5.90. The van der Waals surface area contributed by atoms with Crippen molar-refractivity contribution < 1.29 is 9.53 Å².